The van der Waals surface area contributed by atoms with E-state index in [9.17, 15) is 13.2 Å². The van der Waals surface area contributed by atoms with E-state index in [1.807, 2.05) is 12.1 Å². The van der Waals surface area contributed by atoms with Crippen LogP contribution in [0.15, 0.2) is 24.3 Å². The van der Waals surface area contributed by atoms with Gasteiger partial charge < -0.3 is 15.0 Å². The Hall–Kier alpha value is -1.76. The molecule has 1 saturated carbocycles. The lowest BCUT2D eigenvalue weighted by molar-refractivity contribution is 0.182. The van der Waals surface area contributed by atoms with Gasteiger partial charge in [-0.25, -0.2) is 13.2 Å². The number of amides is 2. The maximum Gasteiger partial charge on any atom is 0.321 e. The number of sulfone groups is 1. The second kappa shape index (κ2) is 8.95. The molecule has 1 aromatic carbocycles. The fourth-order valence-electron chi connectivity index (χ4n) is 3.65. The van der Waals surface area contributed by atoms with E-state index < -0.39 is 15.1 Å². The van der Waals surface area contributed by atoms with Gasteiger partial charge in [-0.3, -0.25) is 0 Å². The summed E-state index contributed by atoms with van der Waals surface area (Å²) < 4.78 is 30.9. The van der Waals surface area contributed by atoms with Crippen LogP contribution in [0.4, 0.5) is 10.5 Å². The quantitative estimate of drug-likeness (QED) is 0.713. The second-order valence-corrected chi connectivity index (χ2v) is 10.0. The number of hydrogen-bond acceptors (Lipinski definition) is 4. The molecule has 7 heteroatoms. The van der Waals surface area contributed by atoms with Crippen LogP contribution in [-0.4, -0.2) is 49.5 Å². The molecule has 2 aliphatic rings. The average Bonchev–Trinajstić information content (AvgIpc) is 2.62. The van der Waals surface area contributed by atoms with Crippen LogP contribution in [0.3, 0.4) is 0 Å². The van der Waals surface area contributed by atoms with Crippen molar-refractivity contribution in [1.29, 1.82) is 0 Å². The molecule has 1 heterocycles. The van der Waals surface area contributed by atoms with Crippen LogP contribution in [0.25, 0.3) is 0 Å². The van der Waals surface area contributed by atoms with Gasteiger partial charge >= 0.3 is 6.03 Å². The summed E-state index contributed by atoms with van der Waals surface area (Å²) in [4.78, 5) is 13.9. The molecule has 6 nitrogen and oxygen atoms in total. The lowest BCUT2D eigenvalue weighted by atomic mass is 10.0. The maximum absolute atomic E-state index is 12.7. The molecule has 27 heavy (non-hydrogen) atoms. The molecule has 0 aromatic heterocycles. The molecule has 0 bridgehead atoms. The Morgan fingerprint density at radius 1 is 1.11 bits per heavy atom. The van der Waals surface area contributed by atoms with Gasteiger partial charge in [0.05, 0.1) is 17.1 Å². The van der Waals surface area contributed by atoms with Gasteiger partial charge in [0.15, 0.2) is 9.84 Å². The topological polar surface area (TPSA) is 75.7 Å². The molecule has 1 saturated heterocycles. The molecule has 0 spiro atoms. The summed E-state index contributed by atoms with van der Waals surface area (Å²) in [5.41, 5.74) is 0.682. The third kappa shape index (κ3) is 4.94. The van der Waals surface area contributed by atoms with Gasteiger partial charge in [0.25, 0.3) is 0 Å². The number of ether oxygens (including phenoxy) is 1. The van der Waals surface area contributed by atoms with Crippen LogP contribution < -0.4 is 10.1 Å². The molecular formula is C20H30N2O4S. The zero-order valence-electron chi connectivity index (χ0n) is 16.0. The predicted molar refractivity (Wildman–Crippen MR) is 107 cm³/mol. The van der Waals surface area contributed by atoms with Crippen molar-refractivity contribution in [2.75, 3.05) is 25.0 Å². The normalized spacial score (nSPS) is 18.8. The van der Waals surface area contributed by atoms with Crippen LogP contribution in [0.1, 0.15) is 51.9 Å². The number of unbranched alkanes of at least 4 members (excludes halogenated alkanes) is 1. The van der Waals surface area contributed by atoms with Crippen molar-refractivity contribution >= 4 is 21.6 Å². The Morgan fingerprint density at radius 3 is 2.41 bits per heavy atom. The van der Waals surface area contributed by atoms with Crippen molar-refractivity contribution in [3.05, 3.63) is 24.3 Å². The minimum Gasteiger partial charge on any atom is -0.494 e. The first kappa shape index (κ1) is 20.0. The van der Waals surface area contributed by atoms with E-state index in [0.717, 1.165) is 50.7 Å². The third-order valence-corrected chi connectivity index (χ3v) is 8.12. The van der Waals surface area contributed by atoms with Crippen LogP contribution in [-0.2, 0) is 9.84 Å². The Kier molecular flexibility index (Phi) is 6.63. The summed E-state index contributed by atoms with van der Waals surface area (Å²) in [6.45, 7) is 3.39. The summed E-state index contributed by atoms with van der Waals surface area (Å²) in [5, 5.41) is 2.22. The number of carbonyl (C=O) groups is 1. The second-order valence-electron chi connectivity index (χ2n) is 7.53. The molecule has 0 unspecified atom stereocenters. The average molecular weight is 395 g/mol. The molecule has 2 fully saturated rings. The lowest BCUT2D eigenvalue weighted by Gasteiger charge is -2.40. The van der Waals surface area contributed by atoms with Gasteiger partial charge in [-0.05, 0) is 43.5 Å². The summed E-state index contributed by atoms with van der Waals surface area (Å²) in [6, 6.07) is 7.02. The minimum atomic E-state index is -3.12. The van der Waals surface area contributed by atoms with Gasteiger partial charge in [0.2, 0.25) is 0 Å². The highest BCUT2D eigenvalue weighted by atomic mass is 32.2. The number of rotatable bonds is 7. The van der Waals surface area contributed by atoms with E-state index in [4.69, 9.17) is 4.74 Å². The van der Waals surface area contributed by atoms with Gasteiger partial charge in [-0.1, -0.05) is 32.6 Å². The number of benzene rings is 1. The van der Waals surface area contributed by atoms with Crippen molar-refractivity contribution in [3.63, 3.8) is 0 Å². The predicted octanol–water partition coefficient (Wildman–Crippen LogP) is 3.83. The number of carbonyl (C=O) groups excluding carboxylic acids is 1. The first-order valence-electron chi connectivity index (χ1n) is 10.0. The van der Waals surface area contributed by atoms with E-state index in [-0.39, 0.29) is 11.3 Å². The zero-order valence-corrected chi connectivity index (χ0v) is 16.8. The SMILES string of the molecule is CCCCOc1ccc(NC(=O)N2CC(S(=O)(=O)C3CCCCC3)C2)cc1. The summed E-state index contributed by atoms with van der Waals surface area (Å²) in [7, 11) is -3.12. The first-order chi connectivity index (χ1) is 13.0. The number of likely N-dealkylation sites (tertiary alicyclic amines) is 1. The van der Waals surface area contributed by atoms with Crippen LogP contribution in [0.5, 0.6) is 5.75 Å². The Balaban J connectivity index is 1.46. The maximum atomic E-state index is 12.7. The summed E-state index contributed by atoms with van der Waals surface area (Å²) >= 11 is 0. The van der Waals surface area contributed by atoms with E-state index in [2.05, 4.69) is 12.2 Å². The van der Waals surface area contributed by atoms with E-state index in [1.165, 1.54) is 0 Å². The minimum absolute atomic E-state index is 0.207. The number of nitrogens with one attached hydrogen (secondary N) is 1. The Labute approximate surface area is 162 Å². The van der Waals surface area contributed by atoms with Gasteiger partial charge in [-0.2, -0.15) is 0 Å². The van der Waals surface area contributed by atoms with Gasteiger partial charge in [-0.15, -0.1) is 0 Å². The van der Waals surface area contributed by atoms with E-state index in [0.29, 0.717) is 25.4 Å². The number of hydrogen-bond donors (Lipinski definition) is 1. The standard InChI is InChI=1S/C20H30N2O4S/c1-2-3-13-26-17-11-9-16(10-12-17)21-20(23)22-14-19(15-22)27(24,25)18-7-5-4-6-8-18/h9-12,18-19H,2-8,13-15H2,1H3,(H,21,23). The Morgan fingerprint density at radius 2 is 1.78 bits per heavy atom. The largest absolute Gasteiger partial charge is 0.494 e. The number of nitrogens with zero attached hydrogens (tertiary/aromatic N) is 1. The molecule has 1 aromatic rings. The van der Waals surface area contributed by atoms with Crippen LogP contribution in [0.2, 0.25) is 0 Å². The van der Waals surface area contributed by atoms with Crippen LogP contribution in [0, 0.1) is 0 Å². The van der Waals surface area contributed by atoms with Crippen molar-refractivity contribution in [1.82, 2.24) is 4.90 Å². The van der Waals surface area contributed by atoms with Gasteiger partial charge in [0.1, 0.15) is 5.75 Å². The molecule has 150 valence electrons. The summed E-state index contributed by atoms with van der Waals surface area (Å²) in [6.07, 6.45) is 6.78. The fraction of sp³-hybridized carbons (Fsp3) is 0.650. The zero-order chi connectivity index (χ0) is 19.3. The van der Waals surface area contributed by atoms with E-state index in [1.54, 1.807) is 17.0 Å². The molecular weight excluding hydrogens is 364 g/mol. The van der Waals surface area contributed by atoms with E-state index >= 15 is 0 Å². The highest BCUT2D eigenvalue weighted by molar-refractivity contribution is 7.92. The van der Waals surface area contributed by atoms with Crippen molar-refractivity contribution < 1.29 is 17.9 Å². The third-order valence-electron chi connectivity index (χ3n) is 5.49. The Bertz CT molecular complexity index is 721. The molecule has 0 radical (unpaired) electrons. The molecule has 1 aliphatic heterocycles. The fourth-order valence-corrected chi connectivity index (χ4v) is 5.96. The highest BCUT2D eigenvalue weighted by Gasteiger charge is 2.43. The highest BCUT2D eigenvalue weighted by Crippen LogP contribution is 2.30. The van der Waals surface area contributed by atoms with Crippen molar-refractivity contribution in [3.8, 4) is 5.75 Å². The summed E-state index contributed by atoms with van der Waals surface area (Å²) in [5.74, 6) is 0.782. The van der Waals surface area contributed by atoms with Gasteiger partial charge in [0, 0.05) is 18.8 Å². The van der Waals surface area contributed by atoms with Crippen molar-refractivity contribution in [2.24, 2.45) is 0 Å². The lowest BCUT2D eigenvalue weighted by Crippen LogP contribution is -2.59. The number of urea groups is 1. The monoisotopic (exact) mass is 394 g/mol. The molecule has 2 amide bonds. The smallest absolute Gasteiger partial charge is 0.321 e. The molecule has 0 atom stereocenters. The molecule has 1 N–H and O–H groups in total. The number of anilines is 1. The van der Waals surface area contributed by atoms with Crippen LogP contribution >= 0.6 is 0 Å². The molecule has 3 rings (SSSR count). The van der Waals surface area contributed by atoms with Crippen molar-refractivity contribution in [2.45, 2.75) is 62.4 Å². The molecule has 1 aliphatic carbocycles. The first-order valence-corrected chi connectivity index (χ1v) is 11.6.